The van der Waals surface area contributed by atoms with Gasteiger partial charge < -0.3 is 9.47 Å². The Bertz CT molecular complexity index is 1440. The van der Waals surface area contributed by atoms with E-state index >= 15 is 0 Å². The number of benzene rings is 1. The number of aromatic nitrogens is 5. The van der Waals surface area contributed by atoms with Crippen LogP contribution in [0.25, 0.3) is 16.9 Å². The van der Waals surface area contributed by atoms with Crippen LogP contribution in [-0.4, -0.2) is 31.6 Å². The Balaban J connectivity index is 1.70. The van der Waals surface area contributed by atoms with Crippen LogP contribution >= 0.6 is 11.6 Å². The number of rotatable bonds is 7. The Labute approximate surface area is 208 Å². The molecule has 180 valence electrons. The fraction of sp³-hybridized carbons (Fsp3) is 0.269. The topological polar surface area (TPSA) is 92.0 Å². The second kappa shape index (κ2) is 10.2. The van der Waals surface area contributed by atoms with Crippen LogP contribution in [-0.2, 0) is 6.61 Å². The van der Waals surface area contributed by atoms with E-state index in [1.165, 1.54) is 4.57 Å². The number of hydrogen-bond donors (Lipinski definition) is 0. The molecule has 0 radical (unpaired) electrons. The number of methoxy groups -OCH3 is 1. The molecule has 4 aromatic rings. The normalized spacial score (nSPS) is 11.1. The van der Waals surface area contributed by atoms with Crippen LogP contribution in [0.4, 0.5) is 0 Å². The second-order valence-corrected chi connectivity index (χ2v) is 8.72. The Morgan fingerprint density at radius 2 is 1.86 bits per heavy atom. The van der Waals surface area contributed by atoms with Gasteiger partial charge in [0.25, 0.3) is 5.56 Å². The van der Waals surface area contributed by atoms with Gasteiger partial charge in [-0.05, 0) is 38.1 Å². The van der Waals surface area contributed by atoms with Crippen LogP contribution in [0.5, 0.6) is 11.8 Å². The van der Waals surface area contributed by atoms with Crippen LogP contribution in [0.2, 0.25) is 5.02 Å². The summed E-state index contributed by atoms with van der Waals surface area (Å²) in [6, 6.07) is 12.7. The van der Waals surface area contributed by atoms with Gasteiger partial charge in [0, 0.05) is 23.7 Å². The minimum absolute atomic E-state index is 0.149. The highest BCUT2D eigenvalue weighted by Crippen LogP contribution is 2.28. The zero-order valence-electron chi connectivity index (χ0n) is 20.2. The predicted molar refractivity (Wildman–Crippen MR) is 135 cm³/mol. The first kappa shape index (κ1) is 24.3. The molecule has 0 aliphatic heterocycles. The number of ether oxygens (including phenoxy) is 2. The van der Waals surface area contributed by atoms with Gasteiger partial charge >= 0.3 is 0 Å². The third-order valence-corrected chi connectivity index (χ3v) is 5.77. The van der Waals surface area contributed by atoms with Crippen LogP contribution in [0.3, 0.4) is 0 Å². The zero-order valence-corrected chi connectivity index (χ0v) is 21.0. The minimum atomic E-state index is -0.268. The summed E-state index contributed by atoms with van der Waals surface area (Å²) >= 11 is 6.53. The maximum absolute atomic E-state index is 13.4. The molecule has 0 saturated heterocycles. The Kier molecular flexibility index (Phi) is 7.12. The molecule has 9 heteroatoms. The summed E-state index contributed by atoms with van der Waals surface area (Å²) in [4.78, 5) is 31.3. The molecule has 0 aliphatic rings. The highest BCUT2D eigenvalue weighted by Gasteiger charge is 2.17. The van der Waals surface area contributed by atoms with Crippen molar-refractivity contribution < 1.29 is 9.47 Å². The molecule has 0 atom stereocenters. The van der Waals surface area contributed by atoms with Gasteiger partial charge in [-0.3, -0.25) is 9.36 Å². The standard InChI is InChI=1S/C26H26ClN5O3/c1-15(2)24-28-12-11-21(31-24)18-9-10-20(27)22(13-18)32-17(4)29-25(16(3)26(32)33)35-14-19-7-6-8-23(30-19)34-5/h6-13,15H,14H2,1-5H3. The van der Waals surface area contributed by atoms with E-state index in [-0.39, 0.29) is 24.0 Å². The van der Waals surface area contributed by atoms with Crippen molar-refractivity contribution in [1.29, 1.82) is 0 Å². The van der Waals surface area contributed by atoms with Crippen LogP contribution in [0.1, 0.15) is 42.7 Å². The smallest absolute Gasteiger partial charge is 0.264 e. The van der Waals surface area contributed by atoms with Crippen LogP contribution < -0.4 is 15.0 Å². The second-order valence-electron chi connectivity index (χ2n) is 8.31. The lowest BCUT2D eigenvalue weighted by Crippen LogP contribution is -2.25. The number of nitrogens with zero attached hydrogens (tertiary/aromatic N) is 5. The predicted octanol–water partition coefficient (Wildman–Crippen LogP) is 5.07. The van der Waals surface area contributed by atoms with Crippen LogP contribution in [0.15, 0.2) is 53.5 Å². The molecule has 3 heterocycles. The summed E-state index contributed by atoms with van der Waals surface area (Å²) < 4.78 is 12.5. The first-order chi connectivity index (χ1) is 16.8. The van der Waals surface area contributed by atoms with Crippen molar-refractivity contribution in [2.45, 2.75) is 40.2 Å². The fourth-order valence-electron chi connectivity index (χ4n) is 3.56. The SMILES string of the molecule is COc1cccc(COc2nc(C)n(-c3cc(-c4ccnc(C(C)C)n4)ccc3Cl)c(=O)c2C)n1. The van der Waals surface area contributed by atoms with Gasteiger partial charge in [0.2, 0.25) is 11.8 Å². The number of halogens is 1. The van der Waals surface area contributed by atoms with E-state index in [9.17, 15) is 4.79 Å². The third-order valence-electron chi connectivity index (χ3n) is 5.45. The monoisotopic (exact) mass is 491 g/mol. The summed E-state index contributed by atoms with van der Waals surface area (Å²) in [5.41, 5.74) is 2.85. The Morgan fingerprint density at radius 3 is 2.60 bits per heavy atom. The van der Waals surface area contributed by atoms with Gasteiger partial charge in [0.15, 0.2) is 0 Å². The van der Waals surface area contributed by atoms with E-state index in [2.05, 4.69) is 19.9 Å². The number of aryl methyl sites for hydroxylation is 1. The fourth-order valence-corrected chi connectivity index (χ4v) is 3.76. The number of pyridine rings is 1. The van der Waals surface area contributed by atoms with Crippen LogP contribution in [0, 0.1) is 13.8 Å². The van der Waals surface area contributed by atoms with Gasteiger partial charge in [-0.2, -0.15) is 4.98 Å². The molecule has 0 bridgehead atoms. The summed E-state index contributed by atoms with van der Waals surface area (Å²) in [6.45, 7) is 7.64. The van der Waals surface area contributed by atoms with E-state index in [0.717, 1.165) is 17.1 Å². The van der Waals surface area contributed by atoms with Crippen molar-refractivity contribution >= 4 is 11.6 Å². The maximum atomic E-state index is 13.4. The average molecular weight is 492 g/mol. The minimum Gasteiger partial charge on any atom is -0.481 e. The Hall–Kier alpha value is -3.78. The molecule has 1 aromatic carbocycles. The lowest BCUT2D eigenvalue weighted by atomic mass is 10.1. The van der Waals surface area contributed by atoms with E-state index < -0.39 is 0 Å². The highest BCUT2D eigenvalue weighted by atomic mass is 35.5. The largest absolute Gasteiger partial charge is 0.481 e. The van der Waals surface area contributed by atoms with E-state index in [4.69, 9.17) is 21.1 Å². The van der Waals surface area contributed by atoms with Gasteiger partial charge in [0.1, 0.15) is 18.3 Å². The van der Waals surface area contributed by atoms with E-state index in [1.54, 1.807) is 39.3 Å². The molecule has 8 nitrogen and oxygen atoms in total. The molecule has 0 amide bonds. The molecular formula is C26H26ClN5O3. The molecule has 0 N–H and O–H groups in total. The van der Waals surface area contributed by atoms with E-state index in [0.29, 0.717) is 33.7 Å². The molecular weight excluding hydrogens is 466 g/mol. The molecule has 3 aromatic heterocycles. The summed E-state index contributed by atoms with van der Waals surface area (Å²) in [7, 11) is 1.55. The Morgan fingerprint density at radius 1 is 1.06 bits per heavy atom. The average Bonchev–Trinajstić information content (AvgIpc) is 2.86. The van der Waals surface area contributed by atoms with Crippen molar-refractivity contribution in [1.82, 2.24) is 24.5 Å². The van der Waals surface area contributed by atoms with Gasteiger partial charge in [-0.15, -0.1) is 0 Å². The van der Waals surface area contributed by atoms with E-state index in [1.807, 2.05) is 44.2 Å². The van der Waals surface area contributed by atoms with Gasteiger partial charge in [-0.1, -0.05) is 37.6 Å². The number of hydrogen-bond acceptors (Lipinski definition) is 7. The van der Waals surface area contributed by atoms with Crippen molar-refractivity contribution in [2.75, 3.05) is 7.11 Å². The summed E-state index contributed by atoms with van der Waals surface area (Å²) in [6.07, 6.45) is 1.73. The molecule has 0 saturated carbocycles. The van der Waals surface area contributed by atoms with Crippen molar-refractivity contribution in [3.8, 4) is 28.7 Å². The van der Waals surface area contributed by atoms with Crippen molar-refractivity contribution in [2.24, 2.45) is 0 Å². The molecule has 0 spiro atoms. The summed E-state index contributed by atoms with van der Waals surface area (Å²) in [5, 5.41) is 0.424. The quantitative estimate of drug-likeness (QED) is 0.356. The molecule has 0 unspecified atom stereocenters. The molecule has 4 rings (SSSR count). The third kappa shape index (κ3) is 5.17. The van der Waals surface area contributed by atoms with Crippen molar-refractivity contribution in [3.63, 3.8) is 0 Å². The molecule has 0 aliphatic carbocycles. The first-order valence-electron chi connectivity index (χ1n) is 11.1. The van der Waals surface area contributed by atoms with Gasteiger partial charge in [0.05, 0.1) is 34.8 Å². The van der Waals surface area contributed by atoms with Crippen molar-refractivity contribution in [3.05, 3.63) is 86.9 Å². The highest BCUT2D eigenvalue weighted by molar-refractivity contribution is 6.32. The zero-order chi connectivity index (χ0) is 25.1. The molecule has 0 fully saturated rings. The summed E-state index contributed by atoms with van der Waals surface area (Å²) in [5.74, 6) is 2.12. The lowest BCUT2D eigenvalue weighted by molar-refractivity contribution is 0.282. The molecule has 35 heavy (non-hydrogen) atoms. The maximum Gasteiger partial charge on any atom is 0.264 e. The lowest BCUT2D eigenvalue weighted by Gasteiger charge is -2.16. The van der Waals surface area contributed by atoms with Gasteiger partial charge in [-0.25, -0.2) is 15.0 Å². The first-order valence-corrected chi connectivity index (χ1v) is 11.5.